The zero-order valence-corrected chi connectivity index (χ0v) is 9.34. The lowest BCUT2D eigenvalue weighted by Gasteiger charge is -2.20. The van der Waals surface area contributed by atoms with E-state index >= 15 is 0 Å². The minimum absolute atomic E-state index is 0.169. The van der Waals surface area contributed by atoms with E-state index in [0.29, 0.717) is 22.9 Å². The number of carbonyl (C=O) groups excluding carboxylic acids is 1. The maximum atomic E-state index is 11.8. The van der Waals surface area contributed by atoms with Crippen molar-refractivity contribution in [1.29, 1.82) is 0 Å². The smallest absolute Gasteiger partial charge is 0.291 e. The summed E-state index contributed by atoms with van der Waals surface area (Å²) in [5.74, 6) is 0.889. The van der Waals surface area contributed by atoms with Crippen LogP contribution in [-0.2, 0) is 4.79 Å². The van der Waals surface area contributed by atoms with Gasteiger partial charge in [0.15, 0.2) is 11.5 Å². The number of anilines is 2. The van der Waals surface area contributed by atoms with Crippen LogP contribution in [-0.4, -0.2) is 5.91 Å². The van der Waals surface area contributed by atoms with Crippen LogP contribution in [0.2, 0.25) is 0 Å². The first-order valence-electron chi connectivity index (χ1n) is 5.37. The number of carbonyl (C=O) groups is 1. The van der Waals surface area contributed by atoms with Crippen molar-refractivity contribution in [2.24, 2.45) is 0 Å². The second kappa shape index (κ2) is 3.96. The van der Waals surface area contributed by atoms with Crippen LogP contribution >= 0.6 is 0 Å². The molecule has 0 saturated heterocycles. The Morgan fingerprint density at radius 2 is 2.11 bits per heavy atom. The fraction of sp³-hybridized carbons (Fsp3) is 0. The number of hydrogen-bond acceptors (Lipinski definition) is 4. The summed E-state index contributed by atoms with van der Waals surface area (Å²) in [6.45, 7) is 0. The molecule has 1 aromatic carbocycles. The highest BCUT2D eigenvalue weighted by molar-refractivity contribution is 6.09. The van der Waals surface area contributed by atoms with Gasteiger partial charge in [-0.2, -0.15) is 0 Å². The summed E-state index contributed by atoms with van der Waals surface area (Å²) in [4.78, 5) is 11.8. The van der Waals surface area contributed by atoms with E-state index in [-0.39, 0.29) is 11.7 Å². The highest BCUT2D eigenvalue weighted by Crippen LogP contribution is 2.35. The van der Waals surface area contributed by atoms with E-state index in [2.05, 4.69) is 5.32 Å². The van der Waals surface area contributed by atoms with Crippen LogP contribution in [0, 0.1) is 0 Å². The van der Waals surface area contributed by atoms with Crippen LogP contribution in [0.1, 0.15) is 5.76 Å². The SMILES string of the molecule is Nc1cccc2c1NC(=O)C(=Cc1ccco1)O2. The lowest BCUT2D eigenvalue weighted by Crippen LogP contribution is -2.24. The Labute approximate surface area is 103 Å². The fourth-order valence-corrected chi connectivity index (χ4v) is 1.70. The minimum Gasteiger partial charge on any atom is -0.465 e. The molecule has 0 bridgehead atoms. The average Bonchev–Trinajstić information content (AvgIpc) is 2.84. The van der Waals surface area contributed by atoms with Crippen molar-refractivity contribution in [1.82, 2.24) is 0 Å². The molecule has 1 aromatic heterocycles. The number of furan rings is 1. The molecule has 1 amide bonds. The van der Waals surface area contributed by atoms with Crippen LogP contribution in [0.15, 0.2) is 46.8 Å². The molecular formula is C13H10N2O3. The molecule has 0 spiro atoms. The van der Waals surface area contributed by atoms with Gasteiger partial charge in [0, 0.05) is 6.08 Å². The Bertz CT molecular complexity index is 630. The van der Waals surface area contributed by atoms with Gasteiger partial charge < -0.3 is 20.2 Å². The molecule has 0 unspecified atom stereocenters. The topological polar surface area (TPSA) is 77.5 Å². The summed E-state index contributed by atoms with van der Waals surface area (Å²) in [5, 5.41) is 2.69. The molecule has 0 atom stereocenters. The van der Waals surface area contributed by atoms with E-state index in [4.69, 9.17) is 14.9 Å². The molecule has 2 heterocycles. The first kappa shape index (κ1) is 10.5. The van der Waals surface area contributed by atoms with Crippen LogP contribution < -0.4 is 15.8 Å². The van der Waals surface area contributed by atoms with Gasteiger partial charge in [-0.3, -0.25) is 4.79 Å². The van der Waals surface area contributed by atoms with Crippen LogP contribution in [0.25, 0.3) is 6.08 Å². The number of hydrogen-bond donors (Lipinski definition) is 2. The molecule has 3 rings (SSSR count). The molecule has 2 aromatic rings. The van der Waals surface area contributed by atoms with E-state index < -0.39 is 0 Å². The largest absolute Gasteiger partial charge is 0.465 e. The van der Waals surface area contributed by atoms with Gasteiger partial charge in [0.2, 0.25) is 0 Å². The van der Waals surface area contributed by atoms with Gasteiger partial charge in [0.05, 0.1) is 12.0 Å². The lowest BCUT2D eigenvalue weighted by atomic mass is 10.2. The quantitative estimate of drug-likeness (QED) is 0.593. The molecule has 18 heavy (non-hydrogen) atoms. The first-order valence-corrected chi connectivity index (χ1v) is 5.37. The van der Waals surface area contributed by atoms with Gasteiger partial charge in [0.25, 0.3) is 5.91 Å². The molecular weight excluding hydrogens is 232 g/mol. The third kappa shape index (κ3) is 1.71. The summed E-state index contributed by atoms with van der Waals surface area (Å²) in [5.41, 5.74) is 6.72. The van der Waals surface area contributed by atoms with E-state index in [9.17, 15) is 4.79 Å². The summed E-state index contributed by atoms with van der Waals surface area (Å²) >= 11 is 0. The number of nitrogens with one attached hydrogen (secondary N) is 1. The first-order chi connectivity index (χ1) is 8.74. The molecule has 0 radical (unpaired) electrons. The average molecular weight is 242 g/mol. The number of amides is 1. The van der Waals surface area contributed by atoms with Crippen molar-refractivity contribution in [3.05, 3.63) is 48.1 Å². The predicted molar refractivity (Wildman–Crippen MR) is 66.8 cm³/mol. The highest BCUT2D eigenvalue weighted by Gasteiger charge is 2.23. The number of benzene rings is 1. The molecule has 5 nitrogen and oxygen atoms in total. The van der Waals surface area contributed by atoms with E-state index in [1.54, 1.807) is 30.3 Å². The standard InChI is InChI=1S/C13H10N2O3/c14-9-4-1-5-10-12(9)15-13(16)11(18-10)7-8-3-2-6-17-8/h1-7H,14H2,(H,15,16). The third-order valence-electron chi connectivity index (χ3n) is 2.56. The molecule has 0 saturated carbocycles. The molecule has 1 aliphatic heterocycles. The summed E-state index contributed by atoms with van der Waals surface area (Å²) < 4.78 is 10.6. The van der Waals surface area contributed by atoms with Crippen molar-refractivity contribution >= 4 is 23.4 Å². The maximum Gasteiger partial charge on any atom is 0.291 e. The van der Waals surface area contributed by atoms with Gasteiger partial charge in [0.1, 0.15) is 11.4 Å². The normalized spacial score (nSPS) is 16.0. The van der Waals surface area contributed by atoms with Crippen LogP contribution in [0.4, 0.5) is 11.4 Å². The van der Waals surface area contributed by atoms with Crippen LogP contribution in [0.5, 0.6) is 5.75 Å². The second-order valence-electron chi connectivity index (χ2n) is 3.80. The summed E-state index contributed by atoms with van der Waals surface area (Å²) in [6, 6.07) is 8.67. The Morgan fingerprint density at radius 1 is 1.22 bits per heavy atom. The van der Waals surface area contributed by atoms with E-state index in [1.807, 2.05) is 0 Å². The number of fused-ring (bicyclic) bond motifs is 1. The van der Waals surface area contributed by atoms with Crippen molar-refractivity contribution in [2.75, 3.05) is 11.1 Å². The summed E-state index contributed by atoms with van der Waals surface area (Å²) in [7, 11) is 0. The van der Waals surface area contributed by atoms with Crippen molar-refractivity contribution < 1.29 is 13.9 Å². The Kier molecular flexibility index (Phi) is 2.30. The van der Waals surface area contributed by atoms with Gasteiger partial charge in [-0.05, 0) is 24.3 Å². The molecule has 0 aliphatic carbocycles. The molecule has 90 valence electrons. The molecule has 1 aliphatic rings. The van der Waals surface area contributed by atoms with Gasteiger partial charge >= 0.3 is 0 Å². The predicted octanol–water partition coefficient (Wildman–Crippen LogP) is 2.23. The zero-order chi connectivity index (χ0) is 12.5. The van der Waals surface area contributed by atoms with E-state index in [0.717, 1.165) is 0 Å². The van der Waals surface area contributed by atoms with Gasteiger partial charge in [-0.15, -0.1) is 0 Å². The number of nitrogen functional groups attached to an aromatic ring is 1. The molecule has 3 N–H and O–H groups in total. The number of nitrogens with two attached hydrogens (primary N) is 1. The summed E-state index contributed by atoms with van der Waals surface area (Å²) in [6.07, 6.45) is 3.06. The van der Waals surface area contributed by atoms with Crippen molar-refractivity contribution in [3.8, 4) is 5.75 Å². The maximum absolute atomic E-state index is 11.8. The van der Waals surface area contributed by atoms with Gasteiger partial charge in [-0.25, -0.2) is 0 Å². The number of ether oxygens (including phenoxy) is 1. The second-order valence-corrected chi connectivity index (χ2v) is 3.80. The Hall–Kier alpha value is -2.69. The van der Waals surface area contributed by atoms with Crippen molar-refractivity contribution in [2.45, 2.75) is 0 Å². The monoisotopic (exact) mass is 242 g/mol. The van der Waals surface area contributed by atoms with E-state index in [1.165, 1.54) is 12.3 Å². The Morgan fingerprint density at radius 3 is 2.89 bits per heavy atom. The van der Waals surface area contributed by atoms with Crippen LogP contribution in [0.3, 0.4) is 0 Å². The van der Waals surface area contributed by atoms with Gasteiger partial charge in [-0.1, -0.05) is 6.07 Å². The minimum atomic E-state index is -0.350. The molecule has 0 fully saturated rings. The number of rotatable bonds is 1. The Balaban J connectivity index is 2.00. The lowest BCUT2D eigenvalue weighted by molar-refractivity contribution is -0.115. The zero-order valence-electron chi connectivity index (χ0n) is 9.34. The fourth-order valence-electron chi connectivity index (χ4n) is 1.70. The molecule has 5 heteroatoms. The number of para-hydroxylation sites is 1. The third-order valence-corrected chi connectivity index (χ3v) is 2.56. The highest BCUT2D eigenvalue weighted by atomic mass is 16.5. The van der Waals surface area contributed by atoms with Crippen molar-refractivity contribution in [3.63, 3.8) is 0 Å².